The molecule has 0 amide bonds. The van der Waals surface area contributed by atoms with E-state index >= 15 is 0 Å². The van der Waals surface area contributed by atoms with Crippen molar-refractivity contribution in [3.05, 3.63) is 0 Å². The molecule has 0 spiro atoms. The van der Waals surface area contributed by atoms with Gasteiger partial charge in [0.05, 0.1) is 12.5 Å². The molecule has 74 valence electrons. The Morgan fingerprint density at radius 1 is 1.46 bits per heavy atom. The van der Waals surface area contributed by atoms with Gasteiger partial charge in [-0.3, -0.25) is 4.79 Å². The van der Waals surface area contributed by atoms with Gasteiger partial charge >= 0.3 is 5.97 Å². The first-order valence-electron chi connectivity index (χ1n) is 4.88. The summed E-state index contributed by atoms with van der Waals surface area (Å²) in [7, 11) is 0. The fourth-order valence-corrected chi connectivity index (χ4v) is 1.86. The van der Waals surface area contributed by atoms with E-state index in [9.17, 15) is 9.59 Å². The topological polar surface area (TPSA) is 43.4 Å². The summed E-state index contributed by atoms with van der Waals surface area (Å²) in [4.78, 5) is 21.8. The molecule has 0 saturated heterocycles. The van der Waals surface area contributed by atoms with E-state index in [0.717, 1.165) is 19.1 Å². The average Bonchev–Trinajstić information content (AvgIpc) is 2.79. The van der Waals surface area contributed by atoms with Crippen molar-refractivity contribution in [3.63, 3.8) is 0 Å². The molecule has 1 aliphatic carbocycles. The summed E-state index contributed by atoms with van der Waals surface area (Å²) < 4.78 is 4.88. The molecule has 3 heteroatoms. The third kappa shape index (κ3) is 2.08. The maximum absolute atomic E-state index is 11.3. The molecular weight excluding hydrogens is 168 g/mol. The van der Waals surface area contributed by atoms with E-state index < -0.39 is 0 Å². The number of hydrogen-bond donors (Lipinski definition) is 0. The second kappa shape index (κ2) is 4.40. The van der Waals surface area contributed by atoms with Crippen LogP contribution in [-0.2, 0) is 14.3 Å². The van der Waals surface area contributed by atoms with Gasteiger partial charge in [-0.15, -0.1) is 0 Å². The van der Waals surface area contributed by atoms with Crippen LogP contribution in [0, 0.1) is 17.8 Å². The third-order valence-corrected chi connectivity index (χ3v) is 2.57. The number of rotatable bonds is 5. The van der Waals surface area contributed by atoms with Crippen molar-refractivity contribution in [2.75, 3.05) is 6.61 Å². The lowest BCUT2D eigenvalue weighted by Gasteiger charge is -1.98. The quantitative estimate of drug-likeness (QED) is 0.479. The van der Waals surface area contributed by atoms with Gasteiger partial charge in [-0.05, 0) is 19.3 Å². The first kappa shape index (κ1) is 10.2. The second-order valence-corrected chi connectivity index (χ2v) is 3.44. The van der Waals surface area contributed by atoms with Crippen LogP contribution in [-0.4, -0.2) is 18.9 Å². The molecule has 0 radical (unpaired) electrons. The minimum Gasteiger partial charge on any atom is -0.466 e. The van der Waals surface area contributed by atoms with Gasteiger partial charge in [0, 0.05) is 5.92 Å². The van der Waals surface area contributed by atoms with Crippen molar-refractivity contribution in [1.29, 1.82) is 0 Å². The first-order valence-corrected chi connectivity index (χ1v) is 4.88. The zero-order valence-corrected chi connectivity index (χ0v) is 8.16. The molecule has 0 aromatic heterocycles. The largest absolute Gasteiger partial charge is 0.466 e. The number of carbonyl (C=O) groups excluding carboxylic acids is 2. The van der Waals surface area contributed by atoms with Crippen molar-refractivity contribution in [3.8, 4) is 0 Å². The highest BCUT2D eigenvalue weighted by molar-refractivity contribution is 5.82. The van der Waals surface area contributed by atoms with Crippen LogP contribution >= 0.6 is 0 Å². The molecule has 1 saturated carbocycles. The molecule has 0 aromatic carbocycles. The van der Waals surface area contributed by atoms with E-state index in [0.29, 0.717) is 6.61 Å². The minimum atomic E-state index is -0.196. The van der Waals surface area contributed by atoms with E-state index in [1.165, 1.54) is 0 Å². The van der Waals surface area contributed by atoms with Gasteiger partial charge in [-0.2, -0.15) is 0 Å². The summed E-state index contributed by atoms with van der Waals surface area (Å²) in [6.45, 7) is 4.24. The Balaban J connectivity index is 2.43. The number of esters is 1. The average molecular weight is 184 g/mol. The van der Waals surface area contributed by atoms with Crippen LogP contribution in [0.5, 0.6) is 0 Å². The van der Waals surface area contributed by atoms with Crippen molar-refractivity contribution >= 4 is 12.3 Å². The Kier molecular flexibility index (Phi) is 3.46. The maximum Gasteiger partial charge on any atom is 0.309 e. The molecule has 1 aliphatic rings. The van der Waals surface area contributed by atoms with Crippen molar-refractivity contribution in [1.82, 2.24) is 0 Å². The Labute approximate surface area is 78.5 Å². The Hall–Kier alpha value is -0.860. The van der Waals surface area contributed by atoms with Crippen LogP contribution in [0.4, 0.5) is 0 Å². The van der Waals surface area contributed by atoms with Crippen molar-refractivity contribution in [2.24, 2.45) is 17.8 Å². The number of aldehydes is 1. The lowest BCUT2D eigenvalue weighted by molar-refractivity contribution is -0.145. The van der Waals surface area contributed by atoms with Crippen LogP contribution in [0.15, 0.2) is 0 Å². The maximum atomic E-state index is 11.3. The molecule has 0 bridgehead atoms. The van der Waals surface area contributed by atoms with Crippen LogP contribution in [0.3, 0.4) is 0 Å². The molecule has 1 fully saturated rings. The fourth-order valence-electron chi connectivity index (χ4n) is 1.86. The lowest BCUT2D eigenvalue weighted by atomic mass is 10.2. The van der Waals surface area contributed by atoms with Crippen molar-refractivity contribution in [2.45, 2.75) is 26.7 Å². The smallest absolute Gasteiger partial charge is 0.309 e. The van der Waals surface area contributed by atoms with Crippen LogP contribution in [0.1, 0.15) is 26.7 Å². The molecule has 0 aromatic rings. The van der Waals surface area contributed by atoms with Gasteiger partial charge in [0.2, 0.25) is 0 Å². The Bertz CT molecular complexity index is 200. The molecule has 3 atom stereocenters. The van der Waals surface area contributed by atoms with E-state index in [2.05, 4.69) is 6.92 Å². The summed E-state index contributed by atoms with van der Waals surface area (Å²) in [5.41, 5.74) is 0. The lowest BCUT2D eigenvalue weighted by Crippen LogP contribution is -2.08. The van der Waals surface area contributed by atoms with Crippen LogP contribution in [0.25, 0.3) is 0 Å². The minimum absolute atomic E-state index is 0.0704. The highest BCUT2D eigenvalue weighted by atomic mass is 16.5. The first-order chi connectivity index (χ1) is 6.26. The molecule has 3 nitrogen and oxygen atoms in total. The highest BCUT2D eigenvalue weighted by Crippen LogP contribution is 2.48. The van der Waals surface area contributed by atoms with Gasteiger partial charge in [-0.1, -0.05) is 13.3 Å². The Morgan fingerprint density at radius 3 is 2.62 bits per heavy atom. The van der Waals surface area contributed by atoms with Crippen LogP contribution < -0.4 is 0 Å². The number of hydrogen-bond acceptors (Lipinski definition) is 3. The fraction of sp³-hybridized carbons (Fsp3) is 0.800. The molecule has 1 rings (SSSR count). The van der Waals surface area contributed by atoms with Gasteiger partial charge in [0.1, 0.15) is 6.29 Å². The van der Waals surface area contributed by atoms with Gasteiger partial charge < -0.3 is 9.53 Å². The monoisotopic (exact) mass is 184 g/mol. The number of ether oxygens (including phenoxy) is 1. The third-order valence-electron chi connectivity index (χ3n) is 2.57. The molecule has 0 heterocycles. The van der Waals surface area contributed by atoms with E-state index in [1.807, 2.05) is 0 Å². The SMILES string of the molecule is CCCC1C(C=O)C1C(=O)OCC. The van der Waals surface area contributed by atoms with Gasteiger partial charge in [-0.25, -0.2) is 0 Å². The molecule has 0 N–H and O–H groups in total. The normalized spacial score (nSPS) is 31.1. The molecule has 3 unspecified atom stereocenters. The summed E-state index contributed by atoms with van der Waals surface area (Å²) in [6, 6.07) is 0. The summed E-state index contributed by atoms with van der Waals surface area (Å²) in [6.07, 6.45) is 2.86. The summed E-state index contributed by atoms with van der Waals surface area (Å²) >= 11 is 0. The summed E-state index contributed by atoms with van der Waals surface area (Å²) in [5, 5.41) is 0. The van der Waals surface area contributed by atoms with Gasteiger partial charge in [0.15, 0.2) is 0 Å². The molecule has 0 aliphatic heterocycles. The Morgan fingerprint density at radius 2 is 2.15 bits per heavy atom. The highest BCUT2D eigenvalue weighted by Gasteiger charge is 2.54. The van der Waals surface area contributed by atoms with E-state index in [4.69, 9.17) is 4.74 Å². The zero-order valence-electron chi connectivity index (χ0n) is 8.16. The van der Waals surface area contributed by atoms with Crippen molar-refractivity contribution < 1.29 is 14.3 Å². The standard InChI is InChI=1S/C10H16O3/c1-3-5-7-8(6-11)9(7)10(12)13-4-2/h6-9H,3-5H2,1-2H3. The number of carbonyl (C=O) groups is 2. The molecule has 13 heavy (non-hydrogen) atoms. The van der Waals surface area contributed by atoms with Gasteiger partial charge in [0.25, 0.3) is 0 Å². The zero-order chi connectivity index (χ0) is 9.84. The summed E-state index contributed by atoms with van der Waals surface area (Å²) in [5.74, 6) is -0.156. The predicted molar refractivity (Wildman–Crippen MR) is 48.1 cm³/mol. The van der Waals surface area contributed by atoms with Crippen LogP contribution in [0.2, 0.25) is 0 Å². The predicted octanol–water partition coefficient (Wildman–Crippen LogP) is 1.41. The van der Waals surface area contributed by atoms with E-state index in [1.54, 1.807) is 6.92 Å². The van der Waals surface area contributed by atoms with E-state index in [-0.39, 0.29) is 23.7 Å². The second-order valence-electron chi connectivity index (χ2n) is 3.44. The molecular formula is C10H16O3.